The number of ether oxygens (including phenoxy) is 2. The number of benzene rings is 3. The van der Waals surface area contributed by atoms with E-state index in [1.165, 1.54) is 23.5 Å². The van der Waals surface area contributed by atoms with Gasteiger partial charge in [0.05, 0.1) is 34.9 Å². The molecule has 1 aliphatic rings. The lowest BCUT2D eigenvalue weighted by Crippen LogP contribution is -2.48. The number of hydrogen-bond donors (Lipinski definition) is 1. The first-order chi connectivity index (χ1) is 15.3. The monoisotopic (exact) mass is 472 g/mol. The van der Waals surface area contributed by atoms with Crippen molar-refractivity contribution in [3.8, 4) is 11.5 Å². The van der Waals surface area contributed by atoms with Crippen LogP contribution < -0.4 is 19.1 Å². The fourth-order valence-corrected chi connectivity index (χ4v) is 5.03. The Morgan fingerprint density at radius 2 is 1.84 bits per heavy atom. The van der Waals surface area contributed by atoms with Crippen LogP contribution in [0.4, 0.5) is 11.4 Å². The summed E-state index contributed by atoms with van der Waals surface area (Å²) in [5.74, 6) is 0.353. The van der Waals surface area contributed by atoms with Gasteiger partial charge in [-0.15, -0.1) is 0 Å². The van der Waals surface area contributed by atoms with Gasteiger partial charge in [0.15, 0.2) is 6.10 Å². The Morgan fingerprint density at radius 1 is 1.12 bits per heavy atom. The molecule has 0 spiro atoms. The molecule has 0 radical (unpaired) electrons. The van der Waals surface area contributed by atoms with Crippen LogP contribution in [0.25, 0.3) is 0 Å². The summed E-state index contributed by atoms with van der Waals surface area (Å²) in [6.45, 7) is 1.67. The Balaban J connectivity index is 1.70. The molecular weight excluding hydrogens is 452 g/mol. The predicted octanol–water partition coefficient (Wildman–Crippen LogP) is 4.25. The van der Waals surface area contributed by atoms with Crippen LogP contribution in [-0.4, -0.2) is 34.1 Å². The van der Waals surface area contributed by atoms with Crippen LogP contribution in [0.3, 0.4) is 0 Å². The average molecular weight is 473 g/mol. The summed E-state index contributed by atoms with van der Waals surface area (Å²) in [6, 6.07) is 18.1. The molecule has 166 valence electrons. The van der Waals surface area contributed by atoms with Crippen molar-refractivity contribution in [1.82, 2.24) is 0 Å². The molecule has 4 rings (SSSR count). The predicted molar refractivity (Wildman–Crippen MR) is 123 cm³/mol. The highest BCUT2D eigenvalue weighted by atomic mass is 35.5. The topological polar surface area (TPSA) is 84.9 Å². The molecule has 1 aliphatic heterocycles. The number of nitrogens with zero attached hydrogens (tertiary/aromatic N) is 1. The number of hydrogen-bond acceptors (Lipinski definition) is 5. The van der Waals surface area contributed by atoms with Gasteiger partial charge in [0.2, 0.25) is 0 Å². The minimum atomic E-state index is -3.97. The molecule has 1 unspecified atom stereocenters. The van der Waals surface area contributed by atoms with Crippen molar-refractivity contribution < 1.29 is 22.7 Å². The largest absolute Gasteiger partial charge is 0.497 e. The molecule has 1 N–H and O–H groups in total. The van der Waals surface area contributed by atoms with Gasteiger partial charge < -0.3 is 14.8 Å². The molecule has 9 heteroatoms. The number of rotatable bonds is 5. The Bertz CT molecular complexity index is 1260. The summed E-state index contributed by atoms with van der Waals surface area (Å²) < 4.78 is 39.2. The summed E-state index contributed by atoms with van der Waals surface area (Å²) in [5, 5.41) is 3.09. The molecule has 0 fully saturated rings. The Hall–Kier alpha value is -3.23. The normalized spacial score (nSPS) is 15.5. The summed E-state index contributed by atoms with van der Waals surface area (Å²) in [7, 11) is -2.46. The van der Waals surface area contributed by atoms with Gasteiger partial charge in [-0.25, -0.2) is 8.42 Å². The zero-order chi connectivity index (χ0) is 22.9. The van der Waals surface area contributed by atoms with E-state index in [4.69, 9.17) is 21.1 Å². The second-order valence-corrected chi connectivity index (χ2v) is 9.53. The summed E-state index contributed by atoms with van der Waals surface area (Å²) in [4.78, 5) is 13.1. The third-order valence-electron chi connectivity index (χ3n) is 5.06. The minimum Gasteiger partial charge on any atom is -0.497 e. The molecule has 0 aromatic heterocycles. The van der Waals surface area contributed by atoms with Crippen LogP contribution >= 0.6 is 11.6 Å². The van der Waals surface area contributed by atoms with Crippen molar-refractivity contribution in [2.24, 2.45) is 0 Å². The maximum atomic E-state index is 13.5. The van der Waals surface area contributed by atoms with Crippen LogP contribution in [0.1, 0.15) is 5.56 Å². The molecule has 1 amide bonds. The first-order valence-corrected chi connectivity index (χ1v) is 11.6. The van der Waals surface area contributed by atoms with Crippen molar-refractivity contribution in [3.63, 3.8) is 0 Å². The number of fused-ring (bicyclic) bond motifs is 1. The molecule has 3 aromatic rings. The van der Waals surface area contributed by atoms with Gasteiger partial charge in [0.1, 0.15) is 11.5 Å². The van der Waals surface area contributed by atoms with Crippen LogP contribution in [0.5, 0.6) is 11.5 Å². The number of sulfonamides is 1. The Labute approximate surface area is 191 Å². The van der Waals surface area contributed by atoms with Crippen molar-refractivity contribution in [1.29, 1.82) is 0 Å². The van der Waals surface area contributed by atoms with E-state index in [9.17, 15) is 13.2 Å². The highest BCUT2D eigenvalue weighted by Gasteiger charge is 2.37. The number of anilines is 2. The molecule has 1 heterocycles. The highest BCUT2D eigenvalue weighted by molar-refractivity contribution is 7.92. The van der Waals surface area contributed by atoms with E-state index in [1.54, 1.807) is 54.6 Å². The van der Waals surface area contributed by atoms with E-state index >= 15 is 0 Å². The quantitative estimate of drug-likeness (QED) is 0.600. The smallest absolute Gasteiger partial charge is 0.267 e. The molecule has 0 saturated carbocycles. The Morgan fingerprint density at radius 3 is 2.53 bits per heavy atom. The van der Waals surface area contributed by atoms with E-state index in [0.29, 0.717) is 27.9 Å². The maximum Gasteiger partial charge on any atom is 0.267 e. The molecule has 1 atom stereocenters. The van der Waals surface area contributed by atoms with Crippen LogP contribution in [0.15, 0.2) is 71.6 Å². The Kier molecular flexibility index (Phi) is 5.99. The first kappa shape index (κ1) is 22.0. The minimum absolute atomic E-state index is 0.0805. The van der Waals surface area contributed by atoms with E-state index in [0.717, 1.165) is 5.56 Å². The van der Waals surface area contributed by atoms with Gasteiger partial charge in [-0.3, -0.25) is 9.10 Å². The molecule has 7 nitrogen and oxygen atoms in total. The third-order valence-corrected chi connectivity index (χ3v) is 7.18. The lowest BCUT2D eigenvalue weighted by Gasteiger charge is -2.35. The lowest BCUT2D eigenvalue weighted by atomic mass is 10.1. The maximum absolute atomic E-state index is 13.5. The van der Waals surface area contributed by atoms with Crippen LogP contribution in [-0.2, 0) is 14.8 Å². The summed E-state index contributed by atoms with van der Waals surface area (Å²) in [6.07, 6.45) is -1.08. The standard InChI is InChI=1S/C23H21ClN2O5S/c1-15-7-12-20-21(13-15)31-22(23(27)25-19-6-4-3-5-18(19)24)14-26(20)32(28,29)17-10-8-16(30-2)9-11-17/h3-13,22H,14H2,1-2H3,(H,25,27). The van der Waals surface area contributed by atoms with Gasteiger partial charge in [0.25, 0.3) is 15.9 Å². The van der Waals surface area contributed by atoms with E-state index in [-0.39, 0.29) is 11.4 Å². The number of aryl methyl sites for hydroxylation is 1. The molecular formula is C23H21ClN2O5S. The van der Waals surface area contributed by atoms with E-state index in [2.05, 4.69) is 5.32 Å². The first-order valence-electron chi connectivity index (χ1n) is 9.79. The number of carbonyl (C=O) groups excluding carboxylic acids is 1. The summed E-state index contributed by atoms with van der Waals surface area (Å²) in [5.41, 5.74) is 1.66. The van der Waals surface area contributed by atoms with Crippen molar-refractivity contribution in [2.75, 3.05) is 23.3 Å². The fraction of sp³-hybridized carbons (Fsp3) is 0.174. The van der Waals surface area contributed by atoms with Gasteiger partial charge in [-0.1, -0.05) is 29.8 Å². The zero-order valence-electron chi connectivity index (χ0n) is 17.4. The van der Waals surface area contributed by atoms with Gasteiger partial charge in [0, 0.05) is 0 Å². The van der Waals surface area contributed by atoms with Crippen molar-refractivity contribution >= 4 is 38.9 Å². The average Bonchev–Trinajstić information content (AvgIpc) is 2.79. The zero-order valence-corrected chi connectivity index (χ0v) is 19.0. The van der Waals surface area contributed by atoms with Crippen LogP contribution in [0.2, 0.25) is 5.02 Å². The number of carbonyl (C=O) groups is 1. The highest BCUT2D eigenvalue weighted by Crippen LogP contribution is 2.38. The van der Waals surface area contributed by atoms with Gasteiger partial charge >= 0.3 is 0 Å². The second-order valence-electron chi connectivity index (χ2n) is 7.26. The van der Waals surface area contributed by atoms with Crippen molar-refractivity contribution in [2.45, 2.75) is 17.9 Å². The fourth-order valence-electron chi connectivity index (χ4n) is 3.38. The molecule has 0 bridgehead atoms. The van der Waals surface area contributed by atoms with E-state index in [1.807, 2.05) is 6.92 Å². The number of para-hydroxylation sites is 1. The van der Waals surface area contributed by atoms with Gasteiger partial charge in [-0.2, -0.15) is 0 Å². The number of nitrogens with one attached hydrogen (secondary N) is 1. The van der Waals surface area contributed by atoms with Crippen molar-refractivity contribution in [3.05, 3.63) is 77.3 Å². The number of halogens is 1. The molecule has 32 heavy (non-hydrogen) atoms. The van der Waals surface area contributed by atoms with Gasteiger partial charge in [-0.05, 0) is 61.0 Å². The third kappa shape index (κ3) is 4.24. The lowest BCUT2D eigenvalue weighted by molar-refractivity contribution is -0.122. The molecule has 3 aromatic carbocycles. The SMILES string of the molecule is COc1ccc(S(=O)(=O)N2CC(C(=O)Nc3ccccc3Cl)Oc3cc(C)ccc32)cc1. The van der Waals surface area contributed by atoms with Crippen LogP contribution in [0, 0.1) is 6.92 Å². The second kappa shape index (κ2) is 8.72. The number of methoxy groups -OCH3 is 1. The summed E-state index contributed by atoms with van der Waals surface area (Å²) >= 11 is 6.14. The number of amides is 1. The van der Waals surface area contributed by atoms with E-state index < -0.39 is 22.0 Å². The molecule has 0 aliphatic carbocycles. The molecule has 0 saturated heterocycles.